The minimum Gasteiger partial charge on any atom is -0.494 e. The highest BCUT2D eigenvalue weighted by atomic mass is 16.5. The molecule has 1 aromatic carbocycles. The van der Waals surface area contributed by atoms with E-state index in [0.717, 1.165) is 38.3 Å². The lowest BCUT2D eigenvalue weighted by molar-refractivity contribution is 0.0881. The SMILES string of the molecule is CCCCOc1ccc(CNC2(C)CCOC2C)cc1. The van der Waals surface area contributed by atoms with E-state index < -0.39 is 0 Å². The van der Waals surface area contributed by atoms with Crippen LogP contribution in [0.2, 0.25) is 0 Å². The maximum absolute atomic E-state index is 5.68. The van der Waals surface area contributed by atoms with E-state index in [0.29, 0.717) is 0 Å². The lowest BCUT2D eigenvalue weighted by atomic mass is 9.94. The molecule has 0 aliphatic carbocycles. The van der Waals surface area contributed by atoms with Crippen molar-refractivity contribution < 1.29 is 9.47 Å². The summed E-state index contributed by atoms with van der Waals surface area (Å²) in [5, 5.41) is 3.63. The van der Waals surface area contributed by atoms with Crippen molar-refractivity contribution in [2.75, 3.05) is 13.2 Å². The second kappa shape index (κ2) is 7.09. The Morgan fingerprint density at radius 2 is 2.10 bits per heavy atom. The molecule has 2 rings (SSSR count). The molecule has 0 saturated carbocycles. The number of unbranched alkanes of at least 4 members (excludes halogenated alkanes) is 1. The van der Waals surface area contributed by atoms with Gasteiger partial charge in [0.2, 0.25) is 0 Å². The van der Waals surface area contributed by atoms with Gasteiger partial charge in [0.05, 0.1) is 12.7 Å². The molecule has 1 aromatic rings. The topological polar surface area (TPSA) is 30.5 Å². The highest BCUT2D eigenvalue weighted by Gasteiger charge is 2.36. The maximum atomic E-state index is 5.68. The maximum Gasteiger partial charge on any atom is 0.119 e. The molecule has 1 saturated heterocycles. The van der Waals surface area contributed by atoms with Crippen LogP contribution in [0.3, 0.4) is 0 Å². The molecular formula is C17H27NO2. The minimum absolute atomic E-state index is 0.0935. The van der Waals surface area contributed by atoms with Gasteiger partial charge >= 0.3 is 0 Å². The number of hydrogen-bond acceptors (Lipinski definition) is 3. The van der Waals surface area contributed by atoms with Crippen molar-refractivity contribution in [3.05, 3.63) is 29.8 Å². The quantitative estimate of drug-likeness (QED) is 0.774. The van der Waals surface area contributed by atoms with E-state index in [1.54, 1.807) is 0 Å². The van der Waals surface area contributed by atoms with Gasteiger partial charge in [0.15, 0.2) is 0 Å². The fourth-order valence-electron chi connectivity index (χ4n) is 2.41. The molecule has 20 heavy (non-hydrogen) atoms. The Bertz CT molecular complexity index is 404. The van der Waals surface area contributed by atoms with E-state index in [1.165, 1.54) is 12.0 Å². The summed E-state index contributed by atoms with van der Waals surface area (Å²) in [6.07, 6.45) is 3.63. The number of benzene rings is 1. The third-order valence-electron chi connectivity index (χ3n) is 4.27. The molecule has 3 nitrogen and oxygen atoms in total. The first-order valence-electron chi connectivity index (χ1n) is 7.72. The van der Waals surface area contributed by atoms with Gasteiger partial charge in [0.25, 0.3) is 0 Å². The van der Waals surface area contributed by atoms with Crippen LogP contribution in [0.5, 0.6) is 5.75 Å². The summed E-state index contributed by atoms with van der Waals surface area (Å²) < 4.78 is 11.3. The Morgan fingerprint density at radius 1 is 1.35 bits per heavy atom. The van der Waals surface area contributed by atoms with Crippen LogP contribution in [0.15, 0.2) is 24.3 Å². The first-order chi connectivity index (χ1) is 9.64. The third kappa shape index (κ3) is 3.97. The van der Waals surface area contributed by atoms with Crippen molar-refractivity contribution in [1.82, 2.24) is 5.32 Å². The molecule has 1 heterocycles. The van der Waals surface area contributed by atoms with Gasteiger partial charge in [-0.25, -0.2) is 0 Å². The molecule has 0 radical (unpaired) electrons. The fraction of sp³-hybridized carbons (Fsp3) is 0.647. The number of rotatable bonds is 7. The normalized spacial score (nSPS) is 25.9. The van der Waals surface area contributed by atoms with Crippen LogP contribution in [-0.2, 0) is 11.3 Å². The van der Waals surface area contributed by atoms with Gasteiger partial charge < -0.3 is 14.8 Å². The van der Waals surface area contributed by atoms with Crippen LogP contribution in [0, 0.1) is 0 Å². The minimum atomic E-state index is 0.0935. The predicted octanol–water partition coefficient (Wildman–Crippen LogP) is 3.52. The van der Waals surface area contributed by atoms with E-state index >= 15 is 0 Å². The molecule has 0 spiro atoms. The van der Waals surface area contributed by atoms with E-state index in [1.807, 2.05) is 0 Å². The predicted molar refractivity (Wildman–Crippen MR) is 82.1 cm³/mol. The zero-order valence-corrected chi connectivity index (χ0v) is 12.9. The zero-order valence-electron chi connectivity index (χ0n) is 12.9. The first-order valence-corrected chi connectivity index (χ1v) is 7.72. The lowest BCUT2D eigenvalue weighted by Gasteiger charge is -2.29. The average molecular weight is 277 g/mol. The summed E-state index contributed by atoms with van der Waals surface area (Å²) in [6.45, 7) is 9.10. The number of ether oxygens (including phenoxy) is 2. The molecule has 3 heteroatoms. The third-order valence-corrected chi connectivity index (χ3v) is 4.27. The monoisotopic (exact) mass is 277 g/mol. The van der Waals surface area contributed by atoms with Crippen molar-refractivity contribution in [3.63, 3.8) is 0 Å². The van der Waals surface area contributed by atoms with Crippen molar-refractivity contribution in [1.29, 1.82) is 0 Å². The van der Waals surface area contributed by atoms with Crippen LogP contribution >= 0.6 is 0 Å². The molecule has 112 valence electrons. The second-order valence-electron chi connectivity index (χ2n) is 5.88. The Labute approximate surface area is 122 Å². The van der Waals surface area contributed by atoms with Crippen LogP contribution in [0.25, 0.3) is 0 Å². The van der Waals surface area contributed by atoms with Crippen molar-refractivity contribution >= 4 is 0 Å². The van der Waals surface area contributed by atoms with Crippen molar-refractivity contribution in [3.8, 4) is 5.75 Å². The summed E-state index contributed by atoms with van der Waals surface area (Å²) in [5.74, 6) is 0.964. The molecule has 1 aliphatic rings. The molecular weight excluding hydrogens is 250 g/mol. The summed E-state index contributed by atoms with van der Waals surface area (Å²) in [7, 11) is 0. The zero-order chi connectivity index (χ0) is 14.4. The standard InChI is InChI=1S/C17H27NO2/c1-4-5-11-20-16-8-6-15(7-9-16)13-18-17(3)10-12-19-14(17)2/h6-9,14,18H,4-5,10-13H2,1-3H3. The van der Waals surface area contributed by atoms with Gasteiger partial charge in [-0.1, -0.05) is 25.5 Å². The Morgan fingerprint density at radius 3 is 2.70 bits per heavy atom. The van der Waals surface area contributed by atoms with Gasteiger partial charge in [-0.05, 0) is 44.4 Å². The summed E-state index contributed by atoms with van der Waals surface area (Å²) in [6, 6.07) is 8.39. The van der Waals surface area contributed by atoms with Crippen molar-refractivity contribution in [2.24, 2.45) is 0 Å². The van der Waals surface area contributed by atoms with Gasteiger partial charge in [-0.15, -0.1) is 0 Å². The number of nitrogens with one attached hydrogen (secondary N) is 1. The van der Waals surface area contributed by atoms with E-state index in [2.05, 4.69) is 50.4 Å². The molecule has 2 atom stereocenters. The Balaban J connectivity index is 1.81. The summed E-state index contributed by atoms with van der Waals surface area (Å²) in [4.78, 5) is 0. The fourth-order valence-corrected chi connectivity index (χ4v) is 2.41. The van der Waals surface area contributed by atoms with Crippen molar-refractivity contribution in [2.45, 2.75) is 58.2 Å². The van der Waals surface area contributed by atoms with Gasteiger partial charge in [0, 0.05) is 18.7 Å². The van der Waals surface area contributed by atoms with Gasteiger partial charge in [-0.3, -0.25) is 0 Å². The summed E-state index contributed by atoms with van der Waals surface area (Å²) >= 11 is 0. The van der Waals surface area contributed by atoms with Crippen LogP contribution in [-0.4, -0.2) is 24.9 Å². The lowest BCUT2D eigenvalue weighted by Crippen LogP contribution is -2.47. The van der Waals surface area contributed by atoms with E-state index in [4.69, 9.17) is 9.47 Å². The molecule has 1 aliphatic heterocycles. The Kier molecular flexibility index (Phi) is 5.44. The van der Waals surface area contributed by atoms with Gasteiger partial charge in [-0.2, -0.15) is 0 Å². The Hall–Kier alpha value is -1.06. The average Bonchev–Trinajstić information content (AvgIpc) is 2.79. The molecule has 1 N–H and O–H groups in total. The van der Waals surface area contributed by atoms with E-state index in [9.17, 15) is 0 Å². The molecule has 0 amide bonds. The molecule has 2 unspecified atom stereocenters. The molecule has 0 bridgehead atoms. The highest BCUT2D eigenvalue weighted by Crippen LogP contribution is 2.25. The van der Waals surface area contributed by atoms with Crippen LogP contribution in [0.1, 0.15) is 45.6 Å². The number of hydrogen-bond donors (Lipinski definition) is 1. The molecule has 1 fully saturated rings. The first kappa shape index (κ1) is 15.3. The largest absolute Gasteiger partial charge is 0.494 e. The van der Waals surface area contributed by atoms with E-state index in [-0.39, 0.29) is 11.6 Å². The summed E-state index contributed by atoms with van der Waals surface area (Å²) in [5.41, 5.74) is 1.38. The van der Waals surface area contributed by atoms with Crippen LogP contribution < -0.4 is 10.1 Å². The second-order valence-corrected chi connectivity index (χ2v) is 5.88. The van der Waals surface area contributed by atoms with Crippen LogP contribution in [0.4, 0.5) is 0 Å². The van der Waals surface area contributed by atoms with Gasteiger partial charge in [0.1, 0.15) is 5.75 Å². The molecule has 0 aromatic heterocycles. The highest BCUT2D eigenvalue weighted by molar-refractivity contribution is 5.27. The smallest absolute Gasteiger partial charge is 0.119 e.